The largest absolute Gasteiger partial charge is 0.377 e. The molecule has 0 aliphatic heterocycles. The van der Waals surface area contributed by atoms with E-state index >= 15 is 0 Å². The molecule has 0 aromatic heterocycles. The third kappa shape index (κ3) is 4.99. The highest BCUT2D eigenvalue weighted by molar-refractivity contribution is 6.10. The van der Waals surface area contributed by atoms with Crippen molar-refractivity contribution in [2.75, 3.05) is 29.6 Å². The fourth-order valence-corrected chi connectivity index (χ4v) is 2.64. The molecule has 0 saturated carbocycles. The molecule has 0 aliphatic rings. The number of nitrogens with one attached hydrogen (secondary N) is 3. The number of rotatable bonds is 5. The lowest BCUT2D eigenvalue weighted by molar-refractivity contribution is 0.102. The van der Waals surface area contributed by atoms with Crippen LogP contribution in [-0.4, -0.2) is 32.1 Å². The summed E-state index contributed by atoms with van der Waals surface area (Å²) in [5, 5.41) is 8.36. The number of amides is 3. The maximum absolute atomic E-state index is 12.7. The monoisotopic (exact) mass is 354 g/mol. The van der Waals surface area contributed by atoms with Crippen molar-refractivity contribution in [3.63, 3.8) is 0 Å². The summed E-state index contributed by atoms with van der Waals surface area (Å²) >= 11 is 0. The molecule has 2 aromatic carbocycles. The number of nitrogens with zero attached hydrogens (tertiary/aromatic N) is 1. The Balaban J connectivity index is 2.17. The Morgan fingerprint density at radius 3 is 2.31 bits per heavy atom. The third-order valence-electron chi connectivity index (χ3n) is 3.78. The number of para-hydroxylation sites is 1. The van der Waals surface area contributed by atoms with Gasteiger partial charge < -0.3 is 20.9 Å². The SMILES string of the molecule is Cc1cc(NC(=O)c2ccccc2NC(=O)NC(C)C)ccc1N(C)C. The lowest BCUT2D eigenvalue weighted by Gasteiger charge is -2.17. The van der Waals surface area contributed by atoms with Crippen LogP contribution in [0.3, 0.4) is 0 Å². The fraction of sp³-hybridized carbons (Fsp3) is 0.300. The van der Waals surface area contributed by atoms with Gasteiger partial charge in [-0.2, -0.15) is 0 Å². The van der Waals surface area contributed by atoms with E-state index in [9.17, 15) is 9.59 Å². The van der Waals surface area contributed by atoms with Crippen molar-refractivity contribution in [1.82, 2.24) is 5.32 Å². The maximum Gasteiger partial charge on any atom is 0.319 e. The summed E-state index contributed by atoms with van der Waals surface area (Å²) in [5.41, 5.74) is 3.73. The summed E-state index contributed by atoms with van der Waals surface area (Å²) < 4.78 is 0. The first-order valence-corrected chi connectivity index (χ1v) is 8.54. The Labute approximate surface area is 154 Å². The van der Waals surface area contributed by atoms with E-state index in [-0.39, 0.29) is 18.0 Å². The maximum atomic E-state index is 12.7. The van der Waals surface area contributed by atoms with Gasteiger partial charge in [0.15, 0.2) is 0 Å². The number of urea groups is 1. The zero-order valence-corrected chi connectivity index (χ0v) is 15.9. The molecule has 138 valence electrons. The van der Waals surface area contributed by atoms with Gasteiger partial charge in [0, 0.05) is 31.5 Å². The minimum Gasteiger partial charge on any atom is -0.377 e. The summed E-state index contributed by atoms with van der Waals surface area (Å²) in [6, 6.07) is 12.3. The van der Waals surface area contributed by atoms with Crippen molar-refractivity contribution >= 4 is 29.0 Å². The van der Waals surface area contributed by atoms with Crippen LogP contribution in [0.1, 0.15) is 29.8 Å². The van der Waals surface area contributed by atoms with E-state index in [4.69, 9.17) is 0 Å². The molecule has 0 saturated heterocycles. The summed E-state index contributed by atoms with van der Waals surface area (Å²) in [4.78, 5) is 26.6. The van der Waals surface area contributed by atoms with Crippen molar-refractivity contribution < 1.29 is 9.59 Å². The van der Waals surface area contributed by atoms with Crippen LogP contribution >= 0.6 is 0 Å². The first kappa shape index (κ1) is 19.3. The van der Waals surface area contributed by atoms with Gasteiger partial charge in [0.25, 0.3) is 5.91 Å². The Morgan fingerprint density at radius 1 is 1.00 bits per heavy atom. The normalized spacial score (nSPS) is 10.4. The summed E-state index contributed by atoms with van der Waals surface area (Å²) in [6.45, 7) is 5.74. The van der Waals surface area contributed by atoms with Gasteiger partial charge in [-0.25, -0.2) is 4.79 Å². The lowest BCUT2D eigenvalue weighted by Crippen LogP contribution is -2.34. The zero-order valence-electron chi connectivity index (χ0n) is 15.9. The zero-order chi connectivity index (χ0) is 19.3. The Bertz CT molecular complexity index is 800. The molecule has 0 bridgehead atoms. The van der Waals surface area contributed by atoms with Crippen molar-refractivity contribution in [3.05, 3.63) is 53.6 Å². The molecule has 0 radical (unpaired) electrons. The molecule has 2 aromatic rings. The van der Waals surface area contributed by atoms with E-state index in [0.717, 1.165) is 11.3 Å². The summed E-state index contributed by atoms with van der Waals surface area (Å²) in [5.74, 6) is -0.276. The molecule has 0 spiro atoms. The Hall–Kier alpha value is -3.02. The Kier molecular flexibility index (Phi) is 6.22. The third-order valence-corrected chi connectivity index (χ3v) is 3.78. The van der Waals surface area contributed by atoms with Gasteiger partial charge in [-0.15, -0.1) is 0 Å². The van der Waals surface area contributed by atoms with Gasteiger partial charge >= 0.3 is 6.03 Å². The van der Waals surface area contributed by atoms with Gasteiger partial charge in [-0.3, -0.25) is 4.79 Å². The van der Waals surface area contributed by atoms with E-state index in [1.165, 1.54) is 0 Å². The van der Waals surface area contributed by atoms with Crippen molar-refractivity contribution in [2.45, 2.75) is 26.8 Å². The minimum absolute atomic E-state index is 0.00850. The van der Waals surface area contributed by atoms with E-state index in [1.807, 2.05) is 58.0 Å². The highest BCUT2D eigenvalue weighted by Crippen LogP contribution is 2.23. The number of anilines is 3. The van der Waals surface area contributed by atoms with Crippen LogP contribution in [0.15, 0.2) is 42.5 Å². The minimum atomic E-state index is -0.341. The molecule has 3 N–H and O–H groups in total. The van der Waals surface area contributed by atoms with Gasteiger partial charge in [0.05, 0.1) is 11.3 Å². The highest BCUT2D eigenvalue weighted by Gasteiger charge is 2.14. The van der Waals surface area contributed by atoms with E-state index in [1.54, 1.807) is 24.3 Å². The predicted octanol–water partition coefficient (Wildman–Crippen LogP) is 3.84. The standard InChI is InChI=1S/C20H26N4O2/c1-13(2)21-20(26)23-17-9-7-6-8-16(17)19(25)22-15-10-11-18(24(4)5)14(3)12-15/h6-13H,1-5H3,(H,22,25)(H2,21,23,26). The van der Waals surface area contributed by atoms with E-state index in [2.05, 4.69) is 16.0 Å². The molecular weight excluding hydrogens is 328 g/mol. The molecule has 0 aliphatic carbocycles. The molecule has 0 fully saturated rings. The van der Waals surface area contributed by atoms with Gasteiger partial charge in [0.1, 0.15) is 0 Å². The van der Waals surface area contributed by atoms with Crippen LogP contribution in [0.5, 0.6) is 0 Å². The van der Waals surface area contributed by atoms with E-state index in [0.29, 0.717) is 16.9 Å². The molecular formula is C20H26N4O2. The molecule has 2 rings (SSSR count). The van der Waals surface area contributed by atoms with Crippen LogP contribution in [0, 0.1) is 6.92 Å². The molecule has 0 atom stereocenters. The van der Waals surface area contributed by atoms with Crippen LogP contribution in [-0.2, 0) is 0 Å². The molecule has 0 unspecified atom stereocenters. The lowest BCUT2D eigenvalue weighted by atomic mass is 10.1. The number of hydrogen-bond acceptors (Lipinski definition) is 3. The molecule has 6 heteroatoms. The summed E-state index contributed by atoms with van der Waals surface area (Å²) in [7, 11) is 3.95. The van der Waals surface area contributed by atoms with Crippen LogP contribution in [0.25, 0.3) is 0 Å². The van der Waals surface area contributed by atoms with Crippen molar-refractivity contribution in [2.24, 2.45) is 0 Å². The van der Waals surface area contributed by atoms with Crippen molar-refractivity contribution in [3.8, 4) is 0 Å². The number of carbonyl (C=O) groups is 2. The number of hydrogen-bond donors (Lipinski definition) is 3. The number of carbonyl (C=O) groups excluding carboxylic acids is 2. The smallest absolute Gasteiger partial charge is 0.319 e. The first-order valence-electron chi connectivity index (χ1n) is 8.54. The van der Waals surface area contributed by atoms with Crippen molar-refractivity contribution in [1.29, 1.82) is 0 Å². The second kappa shape index (κ2) is 8.38. The second-order valence-corrected chi connectivity index (χ2v) is 6.65. The Morgan fingerprint density at radius 2 is 1.69 bits per heavy atom. The topological polar surface area (TPSA) is 73.5 Å². The van der Waals surface area contributed by atoms with Crippen LogP contribution < -0.4 is 20.9 Å². The molecule has 0 heterocycles. The quantitative estimate of drug-likeness (QED) is 0.764. The van der Waals surface area contributed by atoms with Crippen LogP contribution in [0.4, 0.5) is 21.9 Å². The van der Waals surface area contributed by atoms with Gasteiger partial charge in [-0.1, -0.05) is 12.1 Å². The summed E-state index contributed by atoms with van der Waals surface area (Å²) in [6.07, 6.45) is 0. The second-order valence-electron chi connectivity index (χ2n) is 6.65. The molecule has 26 heavy (non-hydrogen) atoms. The van der Waals surface area contributed by atoms with Gasteiger partial charge in [0.2, 0.25) is 0 Å². The molecule has 3 amide bonds. The highest BCUT2D eigenvalue weighted by atomic mass is 16.2. The predicted molar refractivity (Wildman–Crippen MR) is 107 cm³/mol. The average Bonchev–Trinajstić information content (AvgIpc) is 2.54. The fourth-order valence-electron chi connectivity index (χ4n) is 2.64. The van der Waals surface area contributed by atoms with Crippen LogP contribution in [0.2, 0.25) is 0 Å². The van der Waals surface area contributed by atoms with Gasteiger partial charge in [-0.05, 0) is 56.7 Å². The number of benzene rings is 2. The number of aryl methyl sites for hydroxylation is 1. The average molecular weight is 354 g/mol. The first-order chi connectivity index (χ1) is 12.3. The molecule has 6 nitrogen and oxygen atoms in total. The van der Waals surface area contributed by atoms with E-state index < -0.39 is 0 Å².